The van der Waals surface area contributed by atoms with Crippen molar-refractivity contribution in [3.8, 4) is 0 Å². The topological polar surface area (TPSA) is 70.4 Å². The molecule has 0 bridgehead atoms. The first-order chi connectivity index (χ1) is 7.75. The Morgan fingerprint density at radius 3 is 3.19 bits per heavy atom. The van der Waals surface area contributed by atoms with Crippen LogP contribution in [0.5, 0.6) is 0 Å². The highest BCUT2D eigenvalue weighted by Gasteiger charge is 2.18. The molecule has 1 aromatic rings. The highest BCUT2D eigenvalue weighted by molar-refractivity contribution is 5.76. The lowest BCUT2D eigenvalue weighted by Crippen LogP contribution is -2.34. The van der Waals surface area contributed by atoms with Gasteiger partial charge >= 0.3 is 6.03 Å². The predicted octanol–water partition coefficient (Wildman–Crippen LogP) is 0.0978. The van der Waals surface area contributed by atoms with E-state index in [1.807, 2.05) is 13.0 Å². The predicted molar refractivity (Wildman–Crippen MR) is 57.9 cm³/mol. The third kappa shape index (κ3) is 2.73. The second kappa shape index (κ2) is 4.98. The Balaban J connectivity index is 1.63. The molecule has 16 heavy (non-hydrogen) atoms. The van der Waals surface area contributed by atoms with Gasteiger partial charge in [-0.2, -0.15) is 0 Å². The van der Waals surface area contributed by atoms with Gasteiger partial charge in [-0.25, -0.2) is 4.79 Å². The first kappa shape index (κ1) is 10.9. The fraction of sp³-hybridized carbons (Fsp3) is 0.600. The molecular formula is C10H16N4O2. The van der Waals surface area contributed by atoms with Crippen LogP contribution in [0.3, 0.4) is 0 Å². The van der Waals surface area contributed by atoms with E-state index >= 15 is 0 Å². The molecule has 2 heterocycles. The SMILES string of the molecule is Cc1cc(CNCCN2CCNC2=O)on1. The Bertz CT molecular complexity index is 363. The van der Waals surface area contributed by atoms with Crippen molar-refractivity contribution >= 4 is 6.03 Å². The number of urea groups is 1. The number of aryl methyl sites for hydroxylation is 1. The third-order valence-electron chi connectivity index (χ3n) is 2.48. The normalized spacial score (nSPS) is 15.6. The summed E-state index contributed by atoms with van der Waals surface area (Å²) in [6.45, 7) is 5.56. The molecule has 0 atom stereocenters. The minimum absolute atomic E-state index is 0.0253. The van der Waals surface area contributed by atoms with Gasteiger partial charge < -0.3 is 20.1 Å². The molecule has 0 unspecified atom stereocenters. The lowest BCUT2D eigenvalue weighted by atomic mass is 10.4. The minimum atomic E-state index is 0.0253. The molecule has 0 saturated carbocycles. The van der Waals surface area contributed by atoms with Crippen molar-refractivity contribution < 1.29 is 9.32 Å². The molecule has 0 aliphatic carbocycles. The summed E-state index contributed by atoms with van der Waals surface area (Å²) in [7, 11) is 0. The van der Waals surface area contributed by atoms with E-state index in [0.717, 1.165) is 37.6 Å². The molecule has 0 aromatic carbocycles. The average molecular weight is 224 g/mol. The Kier molecular flexibility index (Phi) is 3.40. The van der Waals surface area contributed by atoms with Gasteiger partial charge in [0.2, 0.25) is 0 Å². The van der Waals surface area contributed by atoms with Crippen molar-refractivity contribution in [1.29, 1.82) is 0 Å². The highest BCUT2D eigenvalue weighted by atomic mass is 16.5. The van der Waals surface area contributed by atoms with Gasteiger partial charge in [0.15, 0.2) is 5.76 Å². The van der Waals surface area contributed by atoms with Crippen LogP contribution in [-0.2, 0) is 6.54 Å². The lowest BCUT2D eigenvalue weighted by Gasteiger charge is -2.13. The molecule has 88 valence electrons. The van der Waals surface area contributed by atoms with Gasteiger partial charge in [0, 0.05) is 32.2 Å². The Morgan fingerprint density at radius 1 is 1.69 bits per heavy atom. The second-order valence-electron chi connectivity index (χ2n) is 3.83. The van der Waals surface area contributed by atoms with Crippen LogP contribution in [0.15, 0.2) is 10.6 Å². The molecule has 6 nitrogen and oxygen atoms in total. The standard InChI is InChI=1S/C10H16N4O2/c1-8-6-9(16-13-8)7-11-2-4-14-5-3-12-10(14)15/h6,11H,2-5,7H2,1H3,(H,12,15). The summed E-state index contributed by atoms with van der Waals surface area (Å²) in [4.78, 5) is 13.0. The number of rotatable bonds is 5. The maximum absolute atomic E-state index is 11.2. The first-order valence-corrected chi connectivity index (χ1v) is 5.41. The number of nitrogens with one attached hydrogen (secondary N) is 2. The van der Waals surface area contributed by atoms with E-state index in [-0.39, 0.29) is 6.03 Å². The van der Waals surface area contributed by atoms with E-state index < -0.39 is 0 Å². The maximum atomic E-state index is 11.2. The zero-order valence-corrected chi connectivity index (χ0v) is 9.32. The van der Waals surface area contributed by atoms with Gasteiger partial charge in [0.1, 0.15) is 0 Å². The summed E-state index contributed by atoms with van der Waals surface area (Å²) in [6, 6.07) is 1.92. The van der Waals surface area contributed by atoms with Crippen molar-refractivity contribution in [3.05, 3.63) is 17.5 Å². The van der Waals surface area contributed by atoms with Crippen LogP contribution in [0.4, 0.5) is 4.79 Å². The van der Waals surface area contributed by atoms with Crippen LogP contribution in [0.1, 0.15) is 11.5 Å². The van der Waals surface area contributed by atoms with Gasteiger partial charge in [0.25, 0.3) is 0 Å². The minimum Gasteiger partial charge on any atom is -0.360 e. The van der Waals surface area contributed by atoms with E-state index in [9.17, 15) is 4.79 Å². The van der Waals surface area contributed by atoms with Crippen LogP contribution < -0.4 is 10.6 Å². The van der Waals surface area contributed by atoms with Crippen LogP contribution in [0.2, 0.25) is 0 Å². The molecule has 2 amide bonds. The average Bonchev–Trinajstić information content (AvgIpc) is 2.83. The van der Waals surface area contributed by atoms with E-state index in [4.69, 9.17) is 4.52 Å². The quantitative estimate of drug-likeness (QED) is 0.696. The molecule has 1 aliphatic heterocycles. The summed E-state index contributed by atoms with van der Waals surface area (Å²) in [5.74, 6) is 0.823. The molecule has 6 heteroatoms. The zero-order valence-electron chi connectivity index (χ0n) is 9.32. The smallest absolute Gasteiger partial charge is 0.317 e. The molecule has 1 saturated heterocycles. The number of aromatic nitrogens is 1. The van der Waals surface area contributed by atoms with Crippen LogP contribution >= 0.6 is 0 Å². The molecule has 1 aliphatic rings. The molecule has 0 radical (unpaired) electrons. The third-order valence-corrected chi connectivity index (χ3v) is 2.48. The van der Waals surface area contributed by atoms with E-state index in [2.05, 4.69) is 15.8 Å². The molecular weight excluding hydrogens is 208 g/mol. The summed E-state index contributed by atoms with van der Waals surface area (Å²) < 4.78 is 5.05. The zero-order chi connectivity index (χ0) is 11.4. The highest BCUT2D eigenvalue weighted by Crippen LogP contribution is 2.01. The van der Waals surface area contributed by atoms with Gasteiger partial charge in [0.05, 0.1) is 12.2 Å². The number of hydrogen-bond donors (Lipinski definition) is 2. The molecule has 2 N–H and O–H groups in total. The van der Waals surface area contributed by atoms with E-state index in [0.29, 0.717) is 6.54 Å². The van der Waals surface area contributed by atoms with Crippen LogP contribution in [0.25, 0.3) is 0 Å². The Labute approximate surface area is 94.0 Å². The second-order valence-corrected chi connectivity index (χ2v) is 3.83. The van der Waals surface area contributed by atoms with Gasteiger partial charge in [-0.05, 0) is 6.92 Å². The number of carbonyl (C=O) groups excluding carboxylic acids is 1. The van der Waals surface area contributed by atoms with Crippen LogP contribution in [0, 0.1) is 6.92 Å². The van der Waals surface area contributed by atoms with Gasteiger partial charge in [-0.15, -0.1) is 0 Å². The molecule has 0 spiro atoms. The Hall–Kier alpha value is -1.56. The monoisotopic (exact) mass is 224 g/mol. The largest absolute Gasteiger partial charge is 0.360 e. The summed E-state index contributed by atoms with van der Waals surface area (Å²) >= 11 is 0. The fourth-order valence-corrected chi connectivity index (χ4v) is 1.65. The number of amides is 2. The summed E-state index contributed by atoms with van der Waals surface area (Å²) in [6.07, 6.45) is 0. The molecule has 2 rings (SSSR count). The van der Waals surface area contributed by atoms with E-state index in [1.54, 1.807) is 4.90 Å². The van der Waals surface area contributed by atoms with Gasteiger partial charge in [-0.3, -0.25) is 0 Å². The molecule has 1 fully saturated rings. The Morgan fingerprint density at radius 2 is 2.56 bits per heavy atom. The summed E-state index contributed by atoms with van der Waals surface area (Å²) in [5.41, 5.74) is 0.885. The molecule has 1 aromatic heterocycles. The van der Waals surface area contributed by atoms with Crippen molar-refractivity contribution in [2.24, 2.45) is 0 Å². The number of hydrogen-bond acceptors (Lipinski definition) is 4. The number of carbonyl (C=O) groups is 1. The van der Waals surface area contributed by atoms with Crippen molar-refractivity contribution in [3.63, 3.8) is 0 Å². The fourth-order valence-electron chi connectivity index (χ4n) is 1.65. The van der Waals surface area contributed by atoms with Crippen molar-refractivity contribution in [1.82, 2.24) is 20.7 Å². The summed E-state index contributed by atoms with van der Waals surface area (Å²) in [5, 5.41) is 9.76. The van der Waals surface area contributed by atoms with Crippen molar-refractivity contribution in [2.45, 2.75) is 13.5 Å². The van der Waals surface area contributed by atoms with E-state index in [1.165, 1.54) is 0 Å². The van der Waals surface area contributed by atoms with Crippen molar-refractivity contribution in [2.75, 3.05) is 26.2 Å². The van der Waals surface area contributed by atoms with Gasteiger partial charge in [-0.1, -0.05) is 5.16 Å². The number of nitrogens with zero attached hydrogens (tertiary/aromatic N) is 2. The lowest BCUT2D eigenvalue weighted by molar-refractivity contribution is 0.217. The van der Waals surface area contributed by atoms with Crippen LogP contribution in [-0.4, -0.2) is 42.3 Å². The maximum Gasteiger partial charge on any atom is 0.317 e. The first-order valence-electron chi connectivity index (χ1n) is 5.41.